The van der Waals surface area contributed by atoms with Crippen LogP contribution in [-0.2, 0) is 9.59 Å². The number of aromatic amines is 1. The number of nitrogens with zero attached hydrogens (tertiary/aromatic N) is 4. The molecule has 2 aliphatic heterocycles. The molecule has 2 fully saturated rings. The predicted octanol–water partition coefficient (Wildman–Crippen LogP) is 1.05. The van der Waals surface area contributed by atoms with Gasteiger partial charge in [-0.2, -0.15) is 0 Å². The quantitative estimate of drug-likeness (QED) is 0.873. The minimum atomic E-state index is -0.409. The molecule has 0 aliphatic carbocycles. The summed E-state index contributed by atoms with van der Waals surface area (Å²) in [7, 11) is 0. The first-order valence-electron chi connectivity index (χ1n) is 9.61. The molecule has 2 aromatic heterocycles. The van der Waals surface area contributed by atoms with Crippen molar-refractivity contribution in [1.29, 1.82) is 0 Å². The van der Waals surface area contributed by atoms with Crippen molar-refractivity contribution < 1.29 is 9.59 Å². The van der Waals surface area contributed by atoms with E-state index in [4.69, 9.17) is 0 Å². The normalized spacial score (nSPS) is 21.9. The zero-order valence-electron chi connectivity index (χ0n) is 15.8. The Morgan fingerprint density at radius 2 is 2.07 bits per heavy atom. The summed E-state index contributed by atoms with van der Waals surface area (Å²) in [5.41, 5.74) is 2.09. The van der Waals surface area contributed by atoms with Gasteiger partial charge in [-0.1, -0.05) is 0 Å². The van der Waals surface area contributed by atoms with Crippen LogP contribution in [0.5, 0.6) is 0 Å². The van der Waals surface area contributed by atoms with Gasteiger partial charge in [-0.05, 0) is 33.1 Å². The third kappa shape index (κ3) is 3.24. The summed E-state index contributed by atoms with van der Waals surface area (Å²) < 4.78 is 1.45. The molecule has 0 unspecified atom stereocenters. The molecule has 0 aromatic carbocycles. The van der Waals surface area contributed by atoms with E-state index in [1.807, 2.05) is 17.9 Å². The van der Waals surface area contributed by atoms with Crippen molar-refractivity contribution in [2.24, 2.45) is 0 Å². The second-order valence-corrected chi connectivity index (χ2v) is 7.63. The molecule has 144 valence electrons. The number of nitrogens with one attached hydrogen (secondary N) is 1. The molecule has 2 aliphatic rings. The van der Waals surface area contributed by atoms with Crippen molar-refractivity contribution in [3.63, 3.8) is 0 Å². The number of likely N-dealkylation sites (tertiary alicyclic amines) is 2. The van der Waals surface area contributed by atoms with E-state index in [9.17, 15) is 14.4 Å². The maximum absolute atomic E-state index is 12.9. The van der Waals surface area contributed by atoms with Crippen LogP contribution in [0.2, 0.25) is 0 Å². The van der Waals surface area contributed by atoms with E-state index in [0.717, 1.165) is 25.0 Å². The molecule has 2 saturated heterocycles. The molecular weight excluding hydrogens is 346 g/mol. The summed E-state index contributed by atoms with van der Waals surface area (Å²) in [4.78, 5) is 45.0. The SMILES string of the molecule is Cc1cc(=O)n2[nH]c([C@@H]3CCCN(C(=O)[C@H](C)N4CCCC4=O)C3)cc2n1. The molecule has 2 aromatic rings. The Kier molecular flexibility index (Phi) is 4.49. The number of carbonyl (C=O) groups is 2. The Balaban J connectivity index is 1.52. The molecule has 0 saturated carbocycles. The number of rotatable bonds is 3. The fourth-order valence-electron chi connectivity index (χ4n) is 4.25. The molecule has 4 heterocycles. The minimum Gasteiger partial charge on any atom is -0.340 e. The summed E-state index contributed by atoms with van der Waals surface area (Å²) in [6.07, 6.45) is 3.21. The van der Waals surface area contributed by atoms with E-state index in [-0.39, 0.29) is 23.3 Å². The van der Waals surface area contributed by atoms with E-state index in [1.165, 1.54) is 10.6 Å². The average molecular weight is 371 g/mol. The molecule has 0 radical (unpaired) electrons. The Labute approximate surface area is 157 Å². The second kappa shape index (κ2) is 6.83. The Morgan fingerprint density at radius 3 is 2.81 bits per heavy atom. The van der Waals surface area contributed by atoms with E-state index < -0.39 is 6.04 Å². The third-order valence-electron chi connectivity index (χ3n) is 5.71. The van der Waals surface area contributed by atoms with Gasteiger partial charge in [0.1, 0.15) is 6.04 Å². The second-order valence-electron chi connectivity index (χ2n) is 7.63. The van der Waals surface area contributed by atoms with Gasteiger partial charge in [-0.25, -0.2) is 9.50 Å². The van der Waals surface area contributed by atoms with E-state index in [1.54, 1.807) is 11.8 Å². The highest BCUT2D eigenvalue weighted by molar-refractivity contribution is 5.88. The lowest BCUT2D eigenvalue weighted by molar-refractivity contribution is -0.143. The first-order chi connectivity index (χ1) is 12.9. The number of aromatic nitrogens is 3. The molecule has 8 heteroatoms. The van der Waals surface area contributed by atoms with Crippen molar-refractivity contribution >= 4 is 17.5 Å². The van der Waals surface area contributed by atoms with Crippen LogP contribution in [0.1, 0.15) is 49.9 Å². The Morgan fingerprint density at radius 1 is 1.26 bits per heavy atom. The molecule has 8 nitrogen and oxygen atoms in total. The summed E-state index contributed by atoms with van der Waals surface area (Å²) in [5, 5.41) is 3.15. The lowest BCUT2D eigenvalue weighted by atomic mass is 9.94. The van der Waals surface area contributed by atoms with Gasteiger partial charge in [-0.15, -0.1) is 0 Å². The van der Waals surface area contributed by atoms with Crippen LogP contribution in [0.25, 0.3) is 5.65 Å². The van der Waals surface area contributed by atoms with Crippen molar-refractivity contribution in [1.82, 2.24) is 24.4 Å². The van der Waals surface area contributed by atoms with Gasteiger partial charge < -0.3 is 9.80 Å². The molecule has 1 N–H and O–H groups in total. The number of amides is 2. The van der Waals surface area contributed by atoms with E-state index >= 15 is 0 Å². The lowest BCUT2D eigenvalue weighted by Gasteiger charge is -2.36. The van der Waals surface area contributed by atoms with Crippen molar-refractivity contribution in [3.05, 3.63) is 33.9 Å². The molecule has 0 spiro atoms. The van der Waals surface area contributed by atoms with Gasteiger partial charge in [0.05, 0.1) is 0 Å². The zero-order valence-corrected chi connectivity index (χ0v) is 15.8. The van der Waals surface area contributed by atoms with Crippen LogP contribution in [-0.4, -0.2) is 61.9 Å². The minimum absolute atomic E-state index is 0.0113. The van der Waals surface area contributed by atoms with Crippen LogP contribution < -0.4 is 5.56 Å². The van der Waals surface area contributed by atoms with Crippen molar-refractivity contribution in [2.75, 3.05) is 19.6 Å². The highest BCUT2D eigenvalue weighted by Crippen LogP contribution is 2.27. The number of H-pyrrole nitrogens is 1. The van der Waals surface area contributed by atoms with E-state index in [2.05, 4.69) is 10.1 Å². The van der Waals surface area contributed by atoms with Crippen LogP contribution >= 0.6 is 0 Å². The summed E-state index contributed by atoms with van der Waals surface area (Å²) >= 11 is 0. The highest BCUT2D eigenvalue weighted by atomic mass is 16.2. The fraction of sp³-hybridized carbons (Fsp3) is 0.579. The van der Waals surface area contributed by atoms with Gasteiger partial charge in [0.2, 0.25) is 11.8 Å². The number of hydrogen-bond acceptors (Lipinski definition) is 4. The number of aryl methyl sites for hydroxylation is 1. The molecule has 2 amide bonds. The smallest absolute Gasteiger partial charge is 0.272 e. The van der Waals surface area contributed by atoms with Crippen LogP contribution in [0.3, 0.4) is 0 Å². The van der Waals surface area contributed by atoms with Crippen LogP contribution in [0.15, 0.2) is 16.9 Å². The predicted molar refractivity (Wildman–Crippen MR) is 99.5 cm³/mol. The average Bonchev–Trinajstić information content (AvgIpc) is 3.27. The summed E-state index contributed by atoms with van der Waals surface area (Å²) in [6, 6.07) is 2.99. The highest BCUT2D eigenvalue weighted by Gasteiger charge is 2.34. The van der Waals surface area contributed by atoms with Crippen LogP contribution in [0, 0.1) is 6.92 Å². The molecule has 2 atom stereocenters. The van der Waals surface area contributed by atoms with Crippen molar-refractivity contribution in [2.45, 2.75) is 51.5 Å². The van der Waals surface area contributed by atoms with Crippen LogP contribution in [0.4, 0.5) is 0 Å². The zero-order chi connectivity index (χ0) is 19.1. The van der Waals surface area contributed by atoms with Gasteiger partial charge in [0, 0.05) is 55.5 Å². The van der Waals surface area contributed by atoms with Gasteiger partial charge >= 0.3 is 0 Å². The number of hydrogen-bond donors (Lipinski definition) is 1. The monoisotopic (exact) mass is 371 g/mol. The maximum atomic E-state index is 12.9. The number of carbonyl (C=O) groups excluding carboxylic acids is 2. The first kappa shape index (κ1) is 17.8. The Hall–Kier alpha value is -2.64. The molecule has 4 rings (SSSR count). The van der Waals surface area contributed by atoms with Crippen molar-refractivity contribution in [3.8, 4) is 0 Å². The number of piperidine rings is 1. The third-order valence-corrected chi connectivity index (χ3v) is 5.71. The van der Waals surface area contributed by atoms with Gasteiger partial charge in [-0.3, -0.25) is 19.5 Å². The molecule has 0 bridgehead atoms. The van der Waals surface area contributed by atoms with Gasteiger partial charge in [0.25, 0.3) is 5.56 Å². The maximum Gasteiger partial charge on any atom is 0.272 e. The summed E-state index contributed by atoms with van der Waals surface area (Å²) in [6.45, 7) is 5.59. The largest absolute Gasteiger partial charge is 0.340 e. The lowest BCUT2D eigenvalue weighted by Crippen LogP contribution is -2.50. The standard InChI is InChI=1S/C19H25N5O3/c1-12-9-18(26)24-16(20-12)10-15(21-24)14-5-3-7-22(11-14)19(27)13(2)23-8-4-6-17(23)25/h9-10,13-14,21H,3-8,11H2,1-2H3/t13-,14+/m0/s1. The fourth-order valence-corrected chi connectivity index (χ4v) is 4.25. The molecular formula is C19H25N5O3. The molecule has 27 heavy (non-hydrogen) atoms. The topological polar surface area (TPSA) is 90.8 Å². The first-order valence-corrected chi connectivity index (χ1v) is 9.61. The van der Waals surface area contributed by atoms with Gasteiger partial charge in [0.15, 0.2) is 5.65 Å². The number of fused-ring (bicyclic) bond motifs is 1. The summed E-state index contributed by atoms with van der Waals surface area (Å²) in [5.74, 6) is 0.212. The van der Waals surface area contributed by atoms with E-state index in [0.29, 0.717) is 37.4 Å². The Bertz CT molecular complexity index is 946.